The van der Waals surface area contributed by atoms with Crippen LogP contribution in [0, 0.1) is 35.0 Å². The lowest BCUT2D eigenvalue weighted by atomic mass is 9.64. The van der Waals surface area contributed by atoms with Crippen molar-refractivity contribution in [2.24, 2.45) is 35.0 Å². The number of fused-ring (bicyclic) bond motifs is 1. The lowest BCUT2D eigenvalue weighted by Crippen LogP contribution is -2.32. The maximum absolute atomic E-state index is 4.52. The molecule has 0 aromatic carbocycles. The topological polar surface area (TPSA) is 0 Å². The van der Waals surface area contributed by atoms with Gasteiger partial charge in [0.05, 0.1) is 0 Å². The van der Waals surface area contributed by atoms with Gasteiger partial charge in [0.15, 0.2) is 0 Å². The number of rotatable bonds is 2. The molecule has 2 aliphatic carbocycles. The number of hydrogen-bond acceptors (Lipinski definition) is 1. The smallest absolute Gasteiger partial charge is 0.0113 e. The van der Waals surface area contributed by atoms with Crippen LogP contribution < -0.4 is 0 Å². The van der Waals surface area contributed by atoms with Crippen molar-refractivity contribution in [3.8, 4) is 0 Å². The quantitative estimate of drug-likeness (QED) is 0.444. The first-order chi connectivity index (χ1) is 9.90. The molecule has 2 aliphatic rings. The van der Waals surface area contributed by atoms with Gasteiger partial charge in [-0.1, -0.05) is 52.7 Å². The predicted molar refractivity (Wildman–Crippen MR) is 97.9 cm³/mol. The second-order valence-corrected chi connectivity index (χ2v) is 8.75. The van der Waals surface area contributed by atoms with Gasteiger partial charge in [-0.2, -0.15) is 12.6 Å². The number of thiol groups is 1. The van der Waals surface area contributed by atoms with Crippen LogP contribution in [0.5, 0.6) is 0 Å². The Morgan fingerprint density at radius 2 is 1.71 bits per heavy atom. The van der Waals surface area contributed by atoms with Crippen LogP contribution >= 0.6 is 12.6 Å². The Bertz CT molecular complexity index is 361. The molecule has 0 radical (unpaired) electrons. The van der Waals surface area contributed by atoms with Crippen LogP contribution in [0.4, 0.5) is 0 Å². The van der Waals surface area contributed by atoms with Crippen LogP contribution in [-0.4, -0.2) is 5.75 Å². The Morgan fingerprint density at radius 3 is 2.38 bits per heavy atom. The highest BCUT2D eigenvalue weighted by molar-refractivity contribution is 7.80. The minimum atomic E-state index is 0.494. The van der Waals surface area contributed by atoms with E-state index in [1.807, 2.05) is 0 Å². The van der Waals surface area contributed by atoms with Crippen LogP contribution in [0.2, 0.25) is 0 Å². The van der Waals surface area contributed by atoms with E-state index in [-0.39, 0.29) is 0 Å². The van der Waals surface area contributed by atoms with Crippen molar-refractivity contribution in [1.29, 1.82) is 0 Å². The highest BCUT2D eigenvalue weighted by Crippen LogP contribution is 2.56. The van der Waals surface area contributed by atoms with Gasteiger partial charge in [0.25, 0.3) is 0 Å². The molecule has 2 rings (SSSR count). The van der Waals surface area contributed by atoms with Gasteiger partial charge < -0.3 is 0 Å². The molecule has 6 atom stereocenters. The molecular formula is C20H36S. The lowest BCUT2D eigenvalue weighted by Gasteiger charge is -2.41. The van der Waals surface area contributed by atoms with Crippen molar-refractivity contribution < 1.29 is 0 Å². The Kier molecular flexibility index (Phi) is 5.91. The fourth-order valence-electron chi connectivity index (χ4n) is 5.26. The zero-order valence-electron chi connectivity index (χ0n) is 14.7. The normalized spacial score (nSPS) is 45.1. The Labute approximate surface area is 138 Å². The van der Waals surface area contributed by atoms with Crippen LogP contribution in [0.3, 0.4) is 0 Å². The third kappa shape index (κ3) is 3.54. The molecule has 0 aromatic rings. The lowest BCUT2D eigenvalue weighted by molar-refractivity contribution is 0.112. The van der Waals surface area contributed by atoms with E-state index in [9.17, 15) is 0 Å². The standard InChI is InChI=1S/C20H36S/c1-14-7-6-8-18-9-10-19(16(3)13-21)20(18,5)12-11-15(2)17(14)4/h14-15,17-19,21H,3,6-13H2,1-2,4-5H3. The maximum Gasteiger partial charge on any atom is 0.0113 e. The molecular weight excluding hydrogens is 272 g/mol. The predicted octanol–water partition coefficient (Wildman–Crippen LogP) is 6.38. The van der Waals surface area contributed by atoms with Crippen molar-refractivity contribution in [2.45, 2.75) is 72.6 Å². The van der Waals surface area contributed by atoms with Gasteiger partial charge in [-0.05, 0) is 67.1 Å². The van der Waals surface area contributed by atoms with Crippen molar-refractivity contribution in [3.05, 3.63) is 12.2 Å². The molecule has 0 bridgehead atoms. The SMILES string of the molecule is C=C(CS)C1CCC2CCCC(C)C(C)C(C)CCC21C. The zero-order valence-corrected chi connectivity index (χ0v) is 15.6. The summed E-state index contributed by atoms with van der Waals surface area (Å²) in [7, 11) is 0. The van der Waals surface area contributed by atoms with E-state index in [0.717, 1.165) is 35.3 Å². The molecule has 6 unspecified atom stereocenters. The minimum absolute atomic E-state index is 0.494. The largest absolute Gasteiger partial charge is 0.175 e. The van der Waals surface area contributed by atoms with Gasteiger partial charge in [0, 0.05) is 5.75 Å². The molecule has 0 amide bonds. The Hall–Kier alpha value is 0.0900. The van der Waals surface area contributed by atoms with E-state index in [1.165, 1.54) is 50.5 Å². The van der Waals surface area contributed by atoms with E-state index in [1.54, 1.807) is 0 Å². The van der Waals surface area contributed by atoms with Crippen LogP contribution in [0.15, 0.2) is 12.2 Å². The third-order valence-electron chi connectivity index (χ3n) is 7.37. The average molecular weight is 309 g/mol. The van der Waals surface area contributed by atoms with E-state index in [4.69, 9.17) is 0 Å². The Balaban J connectivity index is 2.17. The van der Waals surface area contributed by atoms with E-state index in [0.29, 0.717) is 5.41 Å². The molecule has 21 heavy (non-hydrogen) atoms. The van der Waals surface area contributed by atoms with Gasteiger partial charge in [-0.3, -0.25) is 0 Å². The van der Waals surface area contributed by atoms with E-state index >= 15 is 0 Å². The summed E-state index contributed by atoms with van der Waals surface area (Å²) in [6.07, 6.45) is 9.88. The van der Waals surface area contributed by atoms with Gasteiger partial charge >= 0.3 is 0 Å². The summed E-state index contributed by atoms with van der Waals surface area (Å²) in [4.78, 5) is 0. The second-order valence-electron chi connectivity index (χ2n) is 8.43. The molecule has 0 saturated heterocycles. The van der Waals surface area contributed by atoms with E-state index in [2.05, 4.69) is 46.9 Å². The molecule has 2 fully saturated rings. The third-order valence-corrected chi connectivity index (χ3v) is 7.78. The maximum atomic E-state index is 4.52. The van der Waals surface area contributed by atoms with Crippen LogP contribution in [0.25, 0.3) is 0 Å². The molecule has 0 N–H and O–H groups in total. The molecule has 0 heterocycles. The average Bonchev–Trinajstić information content (AvgIpc) is 2.80. The first-order valence-electron chi connectivity index (χ1n) is 9.18. The number of hydrogen-bond donors (Lipinski definition) is 1. The summed E-state index contributed by atoms with van der Waals surface area (Å²) < 4.78 is 0. The van der Waals surface area contributed by atoms with E-state index < -0.39 is 0 Å². The summed E-state index contributed by atoms with van der Waals surface area (Å²) >= 11 is 4.52. The highest BCUT2D eigenvalue weighted by Gasteiger charge is 2.46. The summed E-state index contributed by atoms with van der Waals surface area (Å²) in [6.45, 7) is 14.4. The first kappa shape index (κ1) is 17.4. The van der Waals surface area contributed by atoms with Crippen LogP contribution in [0.1, 0.15) is 72.6 Å². The van der Waals surface area contributed by atoms with Gasteiger partial charge in [-0.25, -0.2) is 0 Å². The monoisotopic (exact) mass is 308 g/mol. The zero-order chi connectivity index (χ0) is 15.6. The first-order valence-corrected chi connectivity index (χ1v) is 9.82. The van der Waals surface area contributed by atoms with Crippen molar-refractivity contribution in [2.75, 3.05) is 5.75 Å². The summed E-state index contributed by atoms with van der Waals surface area (Å²) in [5.41, 5.74) is 1.89. The van der Waals surface area contributed by atoms with Crippen molar-refractivity contribution >= 4 is 12.6 Å². The van der Waals surface area contributed by atoms with Gasteiger partial charge in [-0.15, -0.1) is 0 Å². The fourth-order valence-corrected chi connectivity index (χ4v) is 5.48. The van der Waals surface area contributed by atoms with Gasteiger partial charge in [0.1, 0.15) is 0 Å². The van der Waals surface area contributed by atoms with Crippen molar-refractivity contribution in [1.82, 2.24) is 0 Å². The molecule has 122 valence electrons. The molecule has 1 heteroatoms. The minimum Gasteiger partial charge on any atom is -0.175 e. The summed E-state index contributed by atoms with van der Waals surface area (Å²) in [6, 6.07) is 0. The van der Waals surface area contributed by atoms with Crippen molar-refractivity contribution in [3.63, 3.8) is 0 Å². The highest BCUT2D eigenvalue weighted by atomic mass is 32.1. The summed E-state index contributed by atoms with van der Waals surface area (Å²) in [5, 5.41) is 0. The second kappa shape index (κ2) is 7.11. The summed E-state index contributed by atoms with van der Waals surface area (Å²) in [5.74, 6) is 5.15. The molecule has 0 nitrogen and oxygen atoms in total. The molecule has 0 spiro atoms. The Morgan fingerprint density at radius 1 is 1.05 bits per heavy atom. The molecule has 2 saturated carbocycles. The van der Waals surface area contributed by atoms with Gasteiger partial charge in [0.2, 0.25) is 0 Å². The molecule has 0 aromatic heterocycles. The molecule has 0 aliphatic heterocycles. The fraction of sp³-hybridized carbons (Fsp3) is 0.900. The van der Waals surface area contributed by atoms with Crippen LogP contribution in [-0.2, 0) is 0 Å².